The van der Waals surface area contributed by atoms with Gasteiger partial charge in [-0.1, -0.05) is 62.0 Å². The van der Waals surface area contributed by atoms with E-state index in [0.29, 0.717) is 11.3 Å². The number of aryl methyl sites for hydroxylation is 1. The minimum Gasteiger partial charge on any atom is -0.335 e. The maximum absolute atomic E-state index is 13.4. The zero-order valence-electron chi connectivity index (χ0n) is 18.9. The molecule has 0 spiro atoms. The lowest BCUT2D eigenvalue weighted by molar-refractivity contribution is -0.130. The first-order valence-electron chi connectivity index (χ1n) is 12.2. The standard InChI is InChI=1S/C24H31N5O2S2/c30-21(15-16-27-24(32)29-19-13-7-8-14-20(19)33-23(29)26-27)28(18-11-5-2-6-12-18)22(31)25-17-9-3-1-4-10-17/h7-8,13-14,17-18H,1-6,9-12,15-16H2,(H,25,31). The van der Waals surface area contributed by atoms with Gasteiger partial charge in [0.05, 0.1) is 16.8 Å². The minimum absolute atomic E-state index is 0.00255. The molecule has 2 aliphatic rings. The van der Waals surface area contributed by atoms with Crippen molar-refractivity contribution < 1.29 is 9.59 Å². The van der Waals surface area contributed by atoms with Crippen molar-refractivity contribution in [3.05, 3.63) is 29.0 Å². The third kappa shape index (κ3) is 4.71. The van der Waals surface area contributed by atoms with E-state index in [1.807, 2.05) is 22.6 Å². The van der Waals surface area contributed by atoms with E-state index < -0.39 is 0 Å². The van der Waals surface area contributed by atoms with Gasteiger partial charge in [-0.3, -0.25) is 14.1 Å². The molecule has 2 fully saturated rings. The number of aromatic nitrogens is 3. The Labute approximate surface area is 202 Å². The molecule has 3 aromatic rings. The minimum atomic E-state index is -0.209. The van der Waals surface area contributed by atoms with E-state index in [1.165, 1.54) is 17.7 Å². The molecular weight excluding hydrogens is 454 g/mol. The molecule has 0 radical (unpaired) electrons. The first kappa shape index (κ1) is 22.5. The molecule has 2 aliphatic carbocycles. The van der Waals surface area contributed by atoms with Crippen LogP contribution in [0.15, 0.2) is 24.3 Å². The average Bonchev–Trinajstić information content (AvgIpc) is 3.35. The molecule has 3 amide bonds. The highest BCUT2D eigenvalue weighted by Crippen LogP contribution is 2.27. The molecular formula is C24H31N5O2S2. The van der Waals surface area contributed by atoms with Crippen LogP contribution in [0.3, 0.4) is 0 Å². The Morgan fingerprint density at radius 1 is 1.06 bits per heavy atom. The maximum atomic E-state index is 13.4. The average molecular weight is 486 g/mol. The van der Waals surface area contributed by atoms with Gasteiger partial charge in [0.15, 0.2) is 0 Å². The number of amides is 3. The lowest BCUT2D eigenvalue weighted by Crippen LogP contribution is -2.53. The van der Waals surface area contributed by atoms with Crippen LogP contribution in [0.2, 0.25) is 0 Å². The number of rotatable bonds is 5. The van der Waals surface area contributed by atoms with Crippen molar-refractivity contribution in [2.24, 2.45) is 0 Å². The Kier molecular flexibility index (Phi) is 6.78. The van der Waals surface area contributed by atoms with Crippen LogP contribution in [-0.2, 0) is 11.3 Å². The number of carbonyl (C=O) groups excluding carboxylic acids is 2. The molecule has 7 nitrogen and oxygen atoms in total. The topological polar surface area (TPSA) is 71.6 Å². The van der Waals surface area contributed by atoms with Crippen molar-refractivity contribution in [3.8, 4) is 0 Å². The van der Waals surface area contributed by atoms with E-state index in [0.717, 1.165) is 66.5 Å². The number of nitrogens with one attached hydrogen (secondary N) is 1. The fourth-order valence-electron chi connectivity index (χ4n) is 5.27. The number of imide groups is 1. The van der Waals surface area contributed by atoms with Gasteiger partial charge >= 0.3 is 6.03 Å². The summed E-state index contributed by atoms with van der Waals surface area (Å²) in [6, 6.07) is 8.07. The Hall–Kier alpha value is -2.26. The van der Waals surface area contributed by atoms with Gasteiger partial charge in [0.2, 0.25) is 15.6 Å². The van der Waals surface area contributed by atoms with E-state index in [-0.39, 0.29) is 30.4 Å². The van der Waals surface area contributed by atoms with Crippen molar-refractivity contribution in [1.29, 1.82) is 0 Å². The first-order chi connectivity index (χ1) is 16.1. The smallest absolute Gasteiger partial charge is 0.324 e. The number of carbonyl (C=O) groups is 2. The summed E-state index contributed by atoms with van der Waals surface area (Å²) in [6.07, 6.45) is 10.9. The predicted molar refractivity (Wildman–Crippen MR) is 133 cm³/mol. The van der Waals surface area contributed by atoms with Crippen LogP contribution in [0, 0.1) is 4.77 Å². The molecule has 1 N–H and O–H groups in total. The Morgan fingerprint density at radius 3 is 2.52 bits per heavy atom. The molecule has 0 atom stereocenters. The van der Waals surface area contributed by atoms with Gasteiger partial charge in [0, 0.05) is 18.5 Å². The molecule has 0 saturated heterocycles. The Morgan fingerprint density at radius 2 is 1.76 bits per heavy atom. The third-order valence-corrected chi connectivity index (χ3v) is 8.42. The van der Waals surface area contributed by atoms with Crippen LogP contribution in [0.1, 0.15) is 70.6 Å². The van der Waals surface area contributed by atoms with Crippen LogP contribution in [0.4, 0.5) is 4.79 Å². The van der Waals surface area contributed by atoms with Crippen molar-refractivity contribution >= 4 is 50.7 Å². The molecule has 0 unspecified atom stereocenters. The summed E-state index contributed by atoms with van der Waals surface area (Å²) in [6.45, 7) is 0.375. The molecule has 2 saturated carbocycles. The zero-order chi connectivity index (χ0) is 22.8. The van der Waals surface area contributed by atoms with Crippen molar-refractivity contribution in [2.45, 2.75) is 89.3 Å². The number of hydrogen-bond acceptors (Lipinski definition) is 5. The lowest BCUT2D eigenvalue weighted by Gasteiger charge is -2.34. The fraction of sp³-hybridized carbons (Fsp3) is 0.583. The van der Waals surface area contributed by atoms with Crippen LogP contribution < -0.4 is 5.32 Å². The van der Waals surface area contributed by atoms with Crippen LogP contribution in [0.5, 0.6) is 0 Å². The molecule has 2 heterocycles. The molecule has 9 heteroatoms. The van der Waals surface area contributed by atoms with Gasteiger partial charge in [0.25, 0.3) is 0 Å². The fourth-order valence-corrected chi connectivity index (χ4v) is 6.66. The number of benzene rings is 1. The van der Waals surface area contributed by atoms with Gasteiger partial charge in [-0.2, -0.15) is 0 Å². The van der Waals surface area contributed by atoms with Gasteiger partial charge in [0.1, 0.15) is 0 Å². The normalized spacial score (nSPS) is 18.1. The Balaban J connectivity index is 1.32. The van der Waals surface area contributed by atoms with Crippen molar-refractivity contribution in [3.63, 3.8) is 0 Å². The number of hydrogen-bond donors (Lipinski definition) is 1. The summed E-state index contributed by atoms with van der Waals surface area (Å²) in [7, 11) is 0. The molecule has 5 rings (SSSR count). The van der Waals surface area contributed by atoms with Crippen molar-refractivity contribution in [2.75, 3.05) is 0 Å². The second-order valence-corrected chi connectivity index (χ2v) is 10.7. The summed E-state index contributed by atoms with van der Waals surface area (Å²) < 4.78 is 5.42. The maximum Gasteiger partial charge on any atom is 0.324 e. The number of thiazole rings is 1. The quantitative estimate of drug-likeness (QED) is 0.473. The van der Waals surface area contributed by atoms with Crippen LogP contribution in [-0.4, -0.2) is 43.1 Å². The van der Waals surface area contributed by atoms with Crippen LogP contribution >= 0.6 is 23.6 Å². The molecule has 176 valence electrons. The second-order valence-electron chi connectivity index (χ2n) is 9.28. The molecule has 0 bridgehead atoms. The predicted octanol–water partition coefficient (Wildman–Crippen LogP) is 5.67. The van der Waals surface area contributed by atoms with E-state index in [9.17, 15) is 9.59 Å². The number of nitrogens with zero attached hydrogens (tertiary/aromatic N) is 4. The van der Waals surface area contributed by atoms with E-state index in [4.69, 9.17) is 12.2 Å². The molecule has 2 aromatic heterocycles. The second kappa shape index (κ2) is 9.93. The highest BCUT2D eigenvalue weighted by atomic mass is 32.1. The highest BCUT2D eigenvalue weighted by Gasteiger charge is 2.32. The van der Waals surface area contributed by atoms with E-state index in [1.54, 1.807) is 16.0 Å². The summed E-state index contributed by atoms with van der Waals surface area (Å²) in [4.78, 5) is 28.9. The van der Waals surface area contributed by atoms with Crippen molar-refractivity contribution in [1.82, 2.24) is 24.4 Å². The van der Waals surface area contributed by atoms with E-state index >= 15 is 0 Å². The lowest BCUT2D eigenvalue weighted by atomic mass is 9.93. The highest BCUT2D eigenvalue weighted by molar-refractivity contribution is 7.71. The van der Waals surface area contributed by atoms with Gasteiger partial charge in [-0.05, 0) is 50.0 Å². The van der Waals surface area contributed by atoms with Gasteiger partial charge in [-0.15, -0.1) is 5.10 Å². The summed E-state index contributed by atoms with van der Waals surface area (Å²) in [5, 5.41) is 7.82. The van der Waals surface area contributed by atoms with Gasteiger partial charge < -0.3 is 5.32 Å². The van der Waals surface area contributed by atoms with E-state index in [2.05, 4.69) is 16.5 Å². The van der Waals surface area contributed by atoms with Crippen LogP contribution in [0.25, 0.3) is 15.2 Å². The largest absolute Gasteiger partial charge is 0.335 e. The zero-order valence-corrected chi connectivity index (χ0v) is 20.5. The number of para-hydroxylation sites is 1. The monoisotopic (exact) mass is 485 g/mol. The Bertz CT molecular complexity index is 1200. The summed E-state index contributed by atoms with van der Waals surface area (Å²) in [5.74, 6) is -0.127. The molecule has 33 heavy (non-hydrogen) atoms. The third-order valence-electron chi connectivity index (χ3n) is 7.01. The number of urea groups is 1. The summed E-state index contributed by atoms with van der Waals surface area (Å²) in [5.41, 5.74) is 1.04. The summed E-state index contributed by atoms with van der Waals surface area (Å²) >= 11 is 7.27. The number of fused-ring (bicyclic) bond motifs is 3. The van der Waals surface area contributed by atoms with Gasteiger partial charge in [-0.25, -0.2) is 9.48 Å². The molecule has 0 aliphatic heterocycles. The molecule has 1 aromatic carbocycles. The SMILES string of the molecule is O=C(CCn1nc2sc3ccccc3n2c1=S)N(C(=O)NC1CCCCC1)C1CCCCC1. The first-order valence-corrected chi connectivity index (χ1v) is 13.4.